The number of aryl methyl sites for hydroxylation is 1. The van der Waals surface area contributed by atoms with E-state index in [1.807, 2.05) is 36.4 Å². The average molecular weight is 641 g/mol. The molecule has 2 aromatic carbocycles. The molecule has 0 fully saturated rings. The Bertz CT molecular complexity index is 2230. The molecule has 7 rings (SSSR count). The van der Waals surface area contributed by atoms with Gasteiger partial charge in [-0.1, -0.05) is 47.7 Å². The molecule has 0 bridgehead atoms. The highest BCUT2D eigenvalue weighted by atomic mass is 32.2. The molecule has 0 saturated heterocycles. The standard InChI is InChI=1S/C32H24N4O7S2/c1-3-40-30(39)26-27(18-7-5-4-6-8-18)35-32-36(28(26)19-9-11-21-22(14-19)42-16-41-21)29(38)23(44-32)15-20-10-12-25(43-20)45-31-33-17(2)13-24(37)34-31/h4-15,28H,3,16H2,1-2H3,(H,33,34,37)/b23-15+/t28-/m0/s1. The second-order valence-corrected chi connectivity index (χ2v) is 12.0. The maximum atomic E-state index is 14.1. The van der Waals surface area contributed by atoms with Crippen LogP contribution in [-0.4, -0.2) is 33.9 Å². The summed E-state index contributed by atoms with van der Waals surface area (Å²) >= 11 is 2.34. The lowest BCUT2D eigenvalue weighted by Crippen LogP contribution is -2.40. The van der Waals surface area contributed by atoms with E-state index in [2.05, 4.69) is 9.97 Å². The summed E-state index contributed by atoms with van der Waals surface area (Å²) in [6, 6.07) is 18.7. The van der Waals surface area contributed by atoms with Crippen molar-refractivity contribution in [2.45, 2.75) is 30.1 Å². The van der Waals surface area contributed by atoms with E-state index >= 15 is 0 Å². The van der Waals surface area contributed by atoms with Crippen molar-refractivity contribution in [1.82, 2.24) is 14.5 Å². The van der Waals surface area contributed by atoms with Gasteiger partial charge in [-0.3, -0.25) is 14.2 Å². The number of benzene rings is 2. The number of carbonyl (C=O) groups excluding carboxylic acids is 1. The fraction of sp³-hybridized carbons (Fsp3) is 0.156. The average Bonchev–Trinajstić information content (AvgIpc) is 3.75. The fourth-order valence-electron chi connectivity index (χ4n) is 5.13. The molecule has 2 aliphatic rings. The van der Waals surface area contributed by atoms with Crippen LogP contribution in [0.25, 0.3) is 11.8 Å². The van der Waals surface area contributed by atoms with Gasteiger partial charge in [0.05, 0.1) is 28.5 Å². The van der Waals surface area contributed by atoms with E-state index < -0.39 is 12.0 Å². The first-order valence-corrected chi connectivity index (χ1v) is 15.5. The van der Waals surface area contributed by atoms with E-state index in [9.17, 15) is 14.4 Å². The zero-order chi connectivity index (χ0) is 31.1. The molecular weight excluding hydrogens is 617 g/mol. The summed E-state index contributed by atoms with van der Waals surface area (Å²) in [7, 11) is 0. The number of esters is 1. The van der Waals surface area contributed by atoms with Crippen LogP contribution in [0.4, 0.5) is 0 Å². The maximum absolute atomic E-state index is 14.1. The highest BCUT2D eigenvalue weighted by Crippen LogP contribution is 2.40. The minimum absolute atomic E-state index is 0.0802. The van der Waals surface area contributed by atoms with Crippen molar-refractivity contribution in [3.8, 4) is 11.5 Å². The molecule has 0 aliphatic carbocycles. The van der Waals surface area contributed by atoms with Gasteiger partial charge in [0.2, 0.25) is 6.79 Å². The number of carbonyl (C=O) groups is 1. The van der Waals surface area contributed by atoms with E-state index in [1.54, 1.807) is 44.2 Å². The number of furan rings is 1. The monoisotopic (exact) mass is 640 g/mol. The SMILES string of the molecule is CCOC(=O)C1=C(c2ccccc2)N=c2s/c(=C/c3ccc(Sc4nc(C)cc(=O)[nH]4)o3)c(=O)n2[C@H]1c1ccc2c(c1)OCO2. The number of aromatic amines is 1. The summed E-state index contributed by atoms with van der Waals surface area (Å²) < 4.78 is 24.5. The Morgan fingerprint density at radius 3 is 2.73 bits per heavy atom. The van der Waals surface area contributed by atoms with Gasteiger partial charge >= 0.3 is 5.97 Å². The number of thiazole rings is 1. The van der Waals surface area contributed by atoms with Gasteiger partial charge in [-0.2, -0.15) is 0 Å². The summed E-state index contributed by atoms with van der Waals surface area (Å²) in [6.45, 7) is 3.69. The molecule has 11 nitrogen and oxygen atoms in total. The molecule has 226 valence electrons. The van der Waals surface area contributed by atoms with Crippen molar-refractivity contribution in [2.75, 3.05) is 13.4 Å². The summed E-state index contributed by atoms with van der Waals surface area (Å²) in [5.74, 6) is 0.937. The van der Waals surface area contributed by atoms with Crippen LogP contribution < -0.4 is 29.9 Å². The van der Waals surface area contributed by atoms with Crippen molar-refractivity contribution in [1.29, 1.82) is 0 Å². The van der Waals surface area contributed by atoms with E-state index in [4.69, 9.17) is 23.6 Å². The van der Waals surface area contributed by atoms with Gasteiger partial charge in [0.1, 0.15) is 5.76 Å². The lowest BCUT2D eigenvalue weighted by molar-refractivity contribution is -0.138. The normalized spacial score (nSPS) is 15.6. The molecule has 0 amide bonds. The van der Waals surface area contributed by atoms with Gasteiger partial charge in [0.15, 0.2) is 26.5 Å². The van der Waals surface area contributed by atoms with Gasteiger partial charge in [0.25, 0.3) is 11.1 Å². The predicted octanol–water partition coefficient (Wildman–Crippen LogP) is 3.80. The van der Waals surface area contributed by atoms with E-state index in [0.717, 1.165) is 11.8 Å². The van der Waals surface area contributed by atoms with E-state index in [0.29, 0.717) is 59.4 Å². The third kappa shape index (κ3) is 5.51. The quantitative estimate of drug-likeness (QED) is 0.208. The zero-order valence-electron chi connectivity index (χ0n) is 23.9. The topological polar surface area (TPSA) is 138 Å². The minimum atomic E-state index is -0.862. The molecule has 5 heterocycles. The Balaban J connectivity index is 1.38. The number of fused-ring (bicyclic) bond motifs is 2. The molecule has 0 unspecified atom stereocenters. The van der Waals surface area contributed by atoms with Crippen LogP contribution in [0.1, 0.15) is 35.5 Å². The van der Waals surface area contributed by atoms with Crippen LogP contribution in [0.5, 0.6) is 11.5 Å². The third-order valence-corrected chi connectivity index (χ3v) is 8.80. The number of hydrogen-bond acceptors (Lipinski definition) is 11. The van der Waals surface area contributed by atoms with Gasteiger partial charge in [0, 0.05) is 23.4 Å². The Morgan fingerprint density at radius 2 is 1.93 bits per heavy atom. The van der Waals surface area contributed by atoms with Gasteiger partial charge in [-0.25, -0.2) is 14.8 Å². The molecule has 3 aromatic heterocycles. The first-order chi connectivity index (χ1) is 21.9. The number of ether oxygens (including phenoxy) is 3. The van der Waals surface area contributed by atoms with Crippen LogP contribution in [0, 0.1) is 6.92 Å². The first-order valence-electron chi connectivity index (χ1n) is 13.9. The van der Waals surface area contributed by atoms with Crippen LogP contribution in [-0.2, 0) is 9.53 Å². The summed E-state index contributed by atoms with van der Waals surface area (Å²) in [6.07, 6.45) is 1.63. The van der Waals surface area contributed by atoms with Gasteiger partial charge in [-0.15, -0.1) is 0 Å². The number of rotatable bonds is 7. The highest BCUT2D eigenvalue weighted by molar-refractivity contribution is 7.99. The second kappa shape index (κ2) is 11.7. The van der Waals surface area contributed by atoms with Gasteiger partial charge < -0.3 is 23.6 Å². The maximum Gasteiger partial charge on any atom is 0.338 e. The first kappa shape index (κ1) is 28.6. The molecule has 0 spiro atoms. The lowest BCUT2D eigenvalue weighted by atomic mass is 9.93. The van der Waals surface area contributed by atoms with Crippen molar-refractivity contribution in [2.24, 2.45) is 4.99 Å². The Kier molecular flexibility index (Phi) is 7.47. The molecular formula is C32H24N4O7S2. The Hall–Kier alpha value is -5.14. The molecule has 45 heavy (non-hydrogen) atoms. The number of aromatic nitrogens is 3. The highest BCUT2D eigenvalue weighted by Gasteiger charge is 2.36. The Morgan fingerprint density at radius 1 is 1.11 bits per heavy atom. The molecule has 1 N–H and O–H groups in total. The van der Waals surface area contributed by atoms with E-state index in [1.165, 1.54) is 22.0 Å². The fourth-order valence-corrected chi connectivity index (χ4v) is 6.92. The smallest absolute Gasteiger partial charge is 0.338 e. The van der Waals surface area contributed by atoms with Crippen molar-refractivity contribution >= 4 is 40.8 Å². The van der Waals surface area contributed by atoms with Crippen LogP contribution in [0.3, 0.4) is 0 Å². The van der Waals surface area contributed by atoms with Crippen LogP contribution in [0.2, 0.25) is 0 Å². The van der Waals surface area contributed by atoms with Crippen LogP contribution in [0.15, 0.2) is 102 Å². The molecule has 0 saturated carbocycles. The molecule has 13 heteroatoms. The minimum Gasteiger partial charge on any atom is -0.463 e. The van der Waals surface area contributed by atoms with Gasteiger partial charge in [-0.05, 0) is 55.4 Å². The second-order valence-electron chi connectivity index (χ2n) is 9.99. The lowest BCUT2D eigenvalue weighted by Gasteiger charge is -2.26. The molecule has 2 aliphatic heterocycles. The largest absolute Gasteiger partial charge is 0.463 e. The summed E-state index contributed by atoms with van der Waals surface area (Å²) in [4.78, 5) is 51.9. The zero-order valence-corrected chi connectivity index (χ0v) is 25.6. The predicted molar refractivity (Wildman–Crippen MR) is 166 cm³/mol. The van der Waals surface area contributed by atoms with E-state index in [-0.39, 0.29) is 30.1 Å². The number of hydrogen-bond donors (Lipinski definition) is 1. The van der Waals surface area contributed by atoms with Crippen LogP contribution >= 0.6 is 23.1 Å². The summed E-state index contributed by atoms with van der Waals surface area (Å²) in [5, 5.41) is 0.876. The van der Waals surface area contributed by atoms with Crippen molar-refractivity contribution in [3.63, 3.8) is 0 Å². The molecule has 5 aromatic rings. The molecule has 0 radical (unpaired) electrons. The number of nitrogens with zero attached hydrogens (tertiary/aromatic N) is 3. The van der Waals surface area contributed by atoms with Crippen molar-refractivity contribution < 1.29 is 23.4 Å². The molecule has 1 atom stereocenters. The number of nitrogens with one attached hydrogen (secondary N) is 1. The Labute approximate surface area is 263 Å². The van der Waals surface area contributed by atoms with Crippen molar-refractivity contribution in [3.05, 3.63) is 125 Å². The number of H-pyrrole nitrogens is 1. The third-order valence-electron chi connectivity index (χ3n) is 7.01. The summed E-state index contributed by atoms with van der Waals surface area (Å²) in [5.41, 5.74) is 1.97.